The number of carbonyl (C=O) groups is 3. The number of alkyl halides is 6. The molecule has 1 saturated heterocycles. The van der Waals surface area contributed by atoms with Gasteiger partial charge in [0, 0.05) is 40.5 Å². The lowest BCUT2D eigenvalue weighted by atomic mass is 9.97. The number of hydrogen-bond acceptors (Lipinski definition) is 8. The van der Waals surface area contributed by atoms with Gasteiger partial charge in [0.2, 0.25) is 5.91 Å². The number of aliphatic carboxylic acids is 1. The number of piperidine rings is 1. The van der Waals surface area contributed by atoms with E-state index >= 15 is 0 Å². The standard InChI is InChI=1S/C32H27F3N4O3S2.C2HF3O2/c1-19-28(26-18-44-30(37-26)20-10-12-39(13-11-20)27(40)17-25-9-4-14-43-25)29(38-42-19)23-7-2-5-21(15-23)22-6-3-8-24(16-22)36-31(41)32(33,34)35;3-2(4,5)1(6)7/h2-9,14-16,18,20H,10-13,17H2,1H3,(H,36,41);(H,6,7). The molecule has 0 saturated carbocycles. The molecule has 3 aromatic heterocycles. The van der Waals surface area contributed by atoms with Gasteiger partial charge in [-0.1, -0.05) is 41.6 Å². The number of nitrogens with zero attached hydrogens (tertiary/aromatic N) is 3. The van der Waals surface area contributed by atoms with E-state index < -0.39 is 24.2 Å². The third-order valence-electron chi connectivity index (χ3n) is 7.83. The van der Waals surface area contributed by atoms with E-state index in [0.717, 1.165) is 45.1 Å². The Balaban J connectivity index is 0.000000654. The minimum atomic E-state index is -5.08. The van der Waals surface area contributed by atoms with Crippen molar-refractivity contribution < 1.29 is 50.4 Å². The molecular formula is C34H28F6N4O5S2. The number of thiazole rings is 1. The molecule has 2 amide bonds. The Morgan fingerprint density at radius 2 is 1.57 bits per heavy atom. The topological polar surface area (TPSA) is 126 Å². The van der Waals surface area contributed by atoms with Gasteiger partial charge in [0.05, 0.1) is 22.7 Å². The van der Waals surface area contributed by atoms with Crippen LogP contribution in [0, 0.1) is 6.92 Å². The number of aryl methyl sites for hydroxylation is 1. The van der Waals surface area contributed by atoms with Crippen molar-refractivity contribution in [1.82, 2.24) is 15.0 Å². The summed E-state index contributed by atoms with van der Waals surface area (Å²) in [4.78, 5) is 41.0. The van der Waals surface area contributed by atoms with Crippen molar-refractivity contribution in [2.75, 3.05) is 18.4 Å². The highest BCUT2D eigenvalue weighted by molar-refractivity contribution is 7.10. The maximum atomic E-state index is 12.7. The maximum Gasteiger partial charge on any atom is 0.490 e. The summed E-state index contributed by atoms with van der Waals surface area (Å²) < 4.78 is 75.6. The number of nitrogens with one attached hydrogen (secondary N) is 1. The van der Waals surface area contributed by atoms with Crippen molar-refractivity contribution in [3.8, 4) is 33.6 Å². The number of aromatic nitrogens is 2. The number of carbonyl (C=O) groups excluding carboxylic acids is 2. The molecule has 0 radical (unpaired) electrons. The van der Waals surface area contributed by atoms with Crippen LogP contribution in [0.5, 0.6) is 0 Å². The fraction of sp³-hybridized carbons (Fsp3) is 0.265. The zero-order valence-corrected chi connectivity index (χ0v) is 28.2. The van der Waals surface area contributed by atoms with Crippen molar-refractivity contribution in [1.29, 1.82) is 0 Å². The fourth-order valence-electron chi connectivity index (χ4n) is 5.34. The summed E-state index contributed by atoms with van der Waals surface area (Å²) in [6.07, 6.45) is -7.92. The first-order valence-corrected chi connectivity index (χ1v) is 17.0. The lowest BCUT2D eigenvalue weighted by Crippen LogP contribution is -2.38. The van der Waals surface area contributed by atoms with Crippen molar-refractivity contribution >= 4 is 46.1 Å². The molecule has 0 bridgehead atoms. The van der Waals surface area contributed by atoms with Gasteiger partial charge in [0.15, 0.2) is 0 Å². The van der Waals surface area contributed by atoms with Crippen molar-refractivity contribution in [3.63, 3.8) is 0 Å². The molecule has 17 heteroatoms. The predicted molar refractivity (Wildman–Crippen MR) is 178 cm³/mol. The molecule has 2 aromatic carbocycles. The SMILES string of the molecule is Cc1onc(-c2cccc(-c3cccc(NC(=O)C(F)(F)F)c3)c2)c1-c1csc(C2CCN(C(=O)Cc3cccs3)CC2)n1.O=C(O)C(F)(F)F. The van der Waals surface area contributed by atoms with E-state index in [2.05, 4.69) is 5.16 Å². The van der Waals surface area contributed by atoms with E-state index in [0.29, 0.717) is 36.5 Å². The highest BCUT2D eigenvalue weighted by Gasteiger charge is 2.39. The Morgan fingerprint density at radius 3 is 2.20 bits per heavy atom. The number of thiophene rings is 1. The lowest BCUT2D eigenvalue weighted by molar-refractivity contribution is -0.192. The van der Waals surface area contributed by atoms with E-state index in [1.807, 2.05) is 64.3 Å². The second kappa shape index (κ2) is 15.5. The molecule has 51 heavy (non-hydrogen) atoms. The molecule has 0 atom stereocenters. The first-order valence-electron chi connectivity index (χ1n) is 15.2. The van der Waals surface area contributed by atoms with Crippen LogP contribution >= 0.6 is 22.7 Å². The minimum Gasteiger partial charge on any atom is -0.475 e. The van der Waals surface area contributed by atoms with Gasteiger partial charge in [-0.3, -0.25) is 9.59 Å². The number of likely N-dealkylation sites (tertiary alicyclic amines) is 1. The van der Waals surface area contributed by atoms with Crippen LogP contribution in [0.4, 0.5) is 32.0 Å². The summed E-state index contributed by atoms with van der Waals surface area (Å²) in [6, 6.07) is 17.6. The number of benzene rings is 2. The molecule has 1 fully saturated rings. The predicted octanol–water partition coefficient (Wildman–Crippen LogP) is 8.58. The summed E-state index contributed by atoms with van der Waals surface area (Å²) >= 11 is 3.19. The highest BCUT2D eigenvalue weighted by Crippen LogP contribution is 2.39. The second-order valence-corrected chi connectivity index (χ2v) is 13.3. The fourth-order valence-corrected chi connectivity index (χ4v) is 7.01. The first-order chi connectivity index (χ1) is 24.1. The molecule has 0 aliphatic carbocycles. The van der Waals surface area contributed by atoms with Crippen LogP contribution in [0.15, 0.2) is 75.9 Å². The van der Waals surface area contributed by atoms with E-state index in [-0.39, 0.29) is 17.5 Å². The van der Waals surface area contributed by atoms with Gasteiger partial charge in [0.25, 0.3) is 0 Å². The first kappa shape index (κ1) is 37.2. The van der Waals surface area contributed by atoms with Gasteiger partial charge >= 0.3 is 24.2 Å². The average Bonchev–Trinajstić information content (AvgIpc) is 3.86. The monoisotopic (exact) mass is 750 g/mol. The van der Waals surface area contributed by atoms with E-state index in [4.69, 9.17) is 19.4 Å². The molecule has 0 spiro atoms. The Bertz CT molecular complexity index is 2000. The van der Waals surface area contributed by atoms with Gasteiger partial charge in [-0.2, -0.15) is 26.3 Å². The number of hydrogen-bond donors (Lipinski definition) is 2. The molecule has 6 rings (SSSR count). The Kier molecular flexibility index (Phi) is 11.3. The normalized spacial score (nSPS) is 13.7. The average molecular weight is 751 g/mol. The maximum absolute atomic E-state index is 12.7. The zero-order chi connectivity index (χ0) is 36.9. The van der Waals surface area contributed by atoms with Crippen molar-refractivity contribution in [3.05, 3.63) is 87.1 Å². The number of amides is 2. The molecule has 0 unspecified atom stereocenters. The highest BCUT2D eigenvalue weighted by atomic mass is 32.1. The molecule has 9 nitrogen and oxygen atoms in total. The third kappa shape index (κ3) is 9.40. The molecular weight excluding hydrogens is 723 g/mol. The van der Waals surface area contributed by atoms with Gasteiger partial charge in [-0.15, -0.1) is 22.7 Å². The summed E-state index contributed by atoms with van der Waals surface area (Å²) in [5, 5.41) is 18.4. The quantitative estimate of drug-likeness (QED) is 0.160. The largest absolute Gasteiger partial charge is 0.490 e. The Hall–Kier alpha value is -5.03. The lowest BCUT2D eigenvalue weighted by Gasteiger charge is -2.31. The number of carboxylic acid groups (broad SMARTS) is 1. The van der Waals surface area contributed by atoms with Crippen molar-refractivity contribution in [2.45, 2.75) is 44.5 Å². The number of rotatable bonds is 7. The molecule has 1 aliphatic heterocycles. The van der Waals surface area contributed by atoms with Crippen LogP contribution in [0.3, 0.4) is 0 Å². The number of halogens is 6. The molecule has 4 heterocycles. The summed E-state index contributed by atoms with van der Waals surface area (Å²) in [5.41, 5.74) is 4.31. The van der Waals surface area contributed by atoms with Crippen LogP contribution in [-0.2, 0) is 20.8 Å². The van der Waals surface area contributed by atoms with Gasteiger partial charge < -0.3 is 19.8 Å². The third-order valence-corrected chi connectivity index (χ3v) is 9.72. The second-order valence-electron chi connectivity index (χ2n) is 11.4. The molecule has 2 N–H and O–H groups in total. The summed E-state index contributed by atoms with van der Waals surface area (Å²) in [5.74, 6) is -3.74. The van der Waals surface area contributed by atoms with E-state index in [9.17, 15) is 35.9 Å². The van der Waals surface area contributed by atoms with Crippen LogP contribution in [-0.4, -0.2) is 63.4 Å². The minimum absolute atomic E-state index is 0.0425. The van der Waals surface area contributed by atoms with Crippen LogP contribution < -0.4 is 5.32 Å². The molecule has 268 valence electrons. The number of carboxylic acids is 1. The van der Waals surface area contributed by atoms with Crippen LogP contribution in [0.2, 0.25) is 0 Å². The van der Waals surface area contributed by atoms with Gasteiger partial charge in [0.1, 0.15) is 11.5 Å². The van der Waals surface area contributed by atoms with E-state index in [1.165, 1.54) is 12.1 Å². The van der Waals surface area contributed by atoms with Crippen molar-refractivity contribution in [2.24, 2.45) is 0 Å². The molecule has 1 aliphatic rings. The Morgan fingerprint density at radius 1 is 0.922 bits per heavy atom. The number of anilines is 1. The summed E-state index contributed by atoms with van der Waals surface area (Å²) in [6.45, 7) is 3.24. The van der Waals surface area contributed by atoms with Crippen LogP contribution in [0.25, 0.3) is 33.6 Å². The molecule has 5 aromatic rings. The Labute approximate surface area is 294 Å². The van der Waals surface area contributed by atoms with Gasteiger partial charge in [-0.25, -0.2) is 9.78 Å². The zero-order valence-electron chi connectivity index (χ0n) is 26.5. The smallest absolute Gasteiger partial charge is 0.475 e. The van der Waals surface area contributed by atoms with Gasteiger partial charge in [-0.05, 0) is 60.5 Å². The van der Waals surface area contributed by atoms with Crippen LogP contribution in [0.1, 0.15) is 34.4 Å². The summed E-state index contributed by atoms with van der Waals surface area (Å²) in [7, 11) is 0. The van der Waals surface area contributed by atoms with E-state index in [1.54, 1.807) is 34.8 Å².